The van der Waals surface area contributed by atoms with Gasteiger partial charge < -0.3 is 10.2 Å². The number of carbonyl (C=O) groups excluding carboxylic acids is 1. The summed E-state index contributed by atoms with van der Waals surface area (Å²) in [5.74, 6) is 0.163. The molecule has 1 aromatic rings. The van der Waals surface area contributed by atoms with Gasteiger partial charge in [-0.3, -0.25) is 19.4 Å². The van der Waals surface area contributed by atoms with Crippen LogP contribution in [0.1, 0.15) is 13.8 Å². The van der Waals surface area contributed by atoms with Crippen molar-refractivity contribution < 1.29 is 9.63 Å². The molecule has 1 aliphatic heterocycles. The maximum atomic E-state index is 12.3. The van der Waals surface area contributed by atoms with E-state index in [-0.39, 0.29) is 17.5 Å². The Bertz CT molecular complexity index is 837. The summed E-state index contributed by atoms with van der Waals surface area (Å²) in [5, 5.41) is 4.25. The summed E-state index contributed by atoms with van der Waals surface area (Å²) < 4.78 is 0. The van der Waals surface area contributed by atoms with Crippen molar-refractivity contribution in [3.63, 3.8) is 0 Å². The summed E-state index contributed by atoms with van der Waals surface area (Å²) >= 11 is 0. The molecule has 0 bridgehead atoms. The van der Waals surface area contributed by atoms with Crippen LogP contribution in [-0.4, -0.2) is 71.7 Å². The molecule has 1 amide bonds. The molecule has 0 saturated carbocycles. The lowest BCUT2D eigenvalue weighted by molar-refractivity contribution is -0.162. The number of aliphatic imine (C=N–C) groups is 2. The zero-order valence-electron chi connectivity index (χ0n) is 15.7. The summed E-state index contributed by atoms with van der Waals surface area (Å²) in [6, 6.07) is 0. The van der Waals surface area contributed by atoms with E-state index < -0.39 is 11.1 Å². The fraction of sp³-hybridized carbons (Fsp3) is 0.438. The first kappa shape index (κ1) is 19.3. The average molecular weight is 361 g/mol. The van der Waals surface area contributed by atoms with Gasteiger partial charge >= 0.3 is 0 Å². The first-order chi connectivity index (χ1) is 12.1. The van der Waals surface area contributed by atoms with Crippen LogP contribution in [0.5, 0.6) is 0 Å². The summed E-state index contributed by atoms with van der Waals surface area (Å²) in [7, 11) is 6.52. The minimum absolute atomic E-state index is 0.139. The Labute approximate surface area is 151 Å². The molecule has 0 saturated heterocycles. The number of carbonyl (C=O) groups is 1. The minimum Gasteiger partial charge on any atom is -0.369 e. The van der Waals surface area contributed by atoms with Crippen LogP contribution in [0.4, 0.5) is 17.5 Å². The summed E-state index contributed by atoms with van der Waals surface area (Å²) in [6.45, 7) is 3.74. The van der Waals surface area contributed by atoms with E-state index in [4.69, 9.17) is 4.84 Å². The third kappa shape index (κ3) is 4.33. The fourth-order valence-electron chi connectivity index (χ4n) is 2.09. The van der Waals surface area contributed by atoms with Crippen molar-refractivity contribution in [3.05, 3.63) is 22.5 Å². The van der Waals surface area contributed by atoms with Gasteiger partial charge in [0, 0.05) is 27.2 Å². The Morgan fingerprint density at radius 1 is 1.31 bits per heavy atom. The Kier molecular flexibility index (Phi) is 5.56. The molecular weight excluding hydrogens is 338 g/mol. The van der Waals surface area contributed by atoms with Gasteiger partial charge in [0.25, 0.3) is 11.5 Å². The zero-order valence-corrected chi connectivity index (χ0v) is 15.7. The van der Waals surface area contributed by atoms with E-state index in [0.29, 0.717) is 11.5 Å². The second-order valence-corrected chi connectivity index (χ2v) is 6.39. The van der Waals surface area contributed by atoms with Crippen molar-refractivity contribution >= 4 is 35.4 Å². The second kappa shape index (κ2) is 7.48. The molecular formula is C16H23N7O3. The molecule has 0 atom stereocenters. The predicted octanol–water partition coefficient (Wildman–Crippen LogP) is 0.844. The van der Waals surface area contributed by atoms with Crippen LogP contribution >= 0.6 is 0 Å². The summed E-state index contributed by atoms with van der Waals surface area (Å²) in [6.07, 6.45) is 4.41. The van der Waals surface area contributed by atoms with Gasteiger partial charge in [-0.2, -0.15) is 4.98 Å². The highest BCUT2D eigenvalue weighted by Crippen LogP contribution is 2.30. The van der Waals surface area contributed by atoms with E-state index in [1.807, 2.05) is 27.9 Å². The molecule has 0 aliphatic carbocycles. The average Bonchev–Trinajstić information content (AvgIpc) is 2.56. The van der Waals surface area contributed by atoms with Gasteiger partial charge in [-0.15, -0.1) is 0 Å². The van der Waals surface area contributed by atoms with Crippen molar-refractivity contribution in [2.75, 3.05) is 33.6 Å². The summed E-state index contributed by atoms with van der Waals surface area (Å²) in [5.41, 5.74) is -0.408. The predicted molar refractivity (Wildman–Crippen MR) is 100 cm³/mol. The van der Waals surface area contributed by atoms with E-state index in [9.17, 15) is 9.59 Å². The van der Waals surface area contributed by atoms with Crippen LogP contribution in [0.3, 0.4) is 0 Å². The second-order valence-electron chi connectivity index (χ2n) is 6.39. The molecule has 140 valence electrons. The molecule has 2 rings (SSSR count). The van der Waals surface area contributed by atoms with Crippen molar-refractivity contribution in [1.29, 1.82) is 0 Å². The quantitative estimate of drug-likeness (QED) is 0.348. The van der Waals surface area contributed by atoms with E-state index in [2.05, 4.69) is 25.3 Å². The van der Waals surface area contributed by atoms with Gasteiger partial charge in [-0.25, -0.2) is 15.0 Å². The third-order valence-electron chi connectivity index (χ3n) is 3.56. The highest BCUT2D eigenvalue weighted by atomic mass is 16.7. The standard InChI is InChI=1S/C16H23N7O3/c1-16(2)10(7-8-11(24)23(5)26-6)18-12-13(21-16)19-15(20-14(12)25)17-9-22(3)4/h7-9H,1-6H3,(H2,19,20,21,25)/b8-7+,17-9+. The normalized spacial score (nSPS) is 15.5. The monoisotopic (exact) mass is 361 g/mol. The summed E-state index contributed by atoms with van der Waals surface area (Å²) in [4.78, 5) is 46.1. The van der Waals surface area contributed by atoms with Gasteiger partial charge in [-0.1, -0.05) is 0 Å². The molecule has 0 fully saturated rings. The van der Waals surface area contributed by atoms with E-state index in [1.54, 1.807) is 11.0 Å². The van der Waals surface area contributed by atoms with Crippen molar-refractivity contribution in [2.24, 2.45) is 9.98 Å². The van der Waals surface area contributed by atoms with Crippen molar-refractivity contribution in [2.45, 2.75) is 19.4 Å². The maximum Gasteiger partial charge on any atom is 0.280 e. The SMILES string of the molecule is CON(C)C(=O)/C=C/C1=Nc2c(nc(/N=C/N(C)C)[nH]c2=O)NC1(C)C. The van der Waals surface area contributed by atoms with E-state index in [0.717, 1.165) is 5.06 Å². The minimum atomic E-state index is -0.640. The molecule has 0 aromatic carbocycles. The number of aromatic nitrogens is 2. The lowest BCUT2D eigenvalue weighted by Crippen LogP contribution is -2.42. The number of fused-ring (bicyclic) bond motifs is 1. The van der Waals surface area contributed by atoms with Gasteiger partial charge in [-0.05, 0) is 19.9 Å². The first-order valence-electron chi connectivity index (χ1n) is 7.86. The largest absolute Gasteiger partial charge is 0.369 e. The number of nitrogens with one attached hydrogen (secondary N) is 2. The molecule has 10 nitrogen and oxygen atoms in total. The maximum absolute atomic E-state index is 12.3. The Morgan fingerprint density at radius 3 is 2.62 bits per heavy atom. The molecule has 2 N–H and O–H groups in total. The number of likely N-dealkylation sites (N-methyl/N-ethyl adjacent to an activating group) is 1. The van der Waals surface area contributed by atoms with Crippen LogP contribution in [0.25, 0.3) is 0 Å². The van der Waals surface area contributed by atoms with Gasteiger partial charge in [0.2, 0.25) is 5.95 Å². The number of rotatable bonds is 5. The van der Waals surface area contributed by atoms with E-state index >= 15 is 0 Å². The number of hydrogen-bond acceptors (Lipinski definition) is 7. The number of hydrogen-bond donors (Lipinski definition) is 2. The smallest absolute Gasteiger partial charge is 0.280 e. The number of aromatic amines is 1. The fourth-order valence-corrected chi connectivity index (χ4v) is 2.09. The third-order valence-corrected chi connectivity index (χ3v) is 3.56. The van der Waals surface area contributed by atoms with Gasteiger partial charge in [0.05, 0.1) is 24.7 Å². The van der Waals surface area contributed by atoms with Gasteiger partial charge in [0.15, 0.2) is 11.5 Å². The zero-order chi connectivity index (χ0) is 19.5. The van der Waals surface area contributed by atoms with Crippen LogP contribution in [0.15, 0.2) is 26.9 Å². The number of H-pyrrole nitrogens is 1. The van der Waals surface area contributed by atoms with Crippen molar-refractivity contribution in [3.8, 4) is 0 Å². The number of hydroxylamine groups is 2. The number of nitrogens with zero attached hydrogens (tertiary/aromatic N) is 5. The van der Waals surface area contributed by atoms with Crippen LogP contribution in [0.2, 0.25) is 0 Å². The van der Waals surface area contributed by atoms with Crippen LogP contribution < -0.4 is 10.9 Å². The molecule has 10 heteroatoms. The molecule has 0 spiro atoms. The highest BCUT2D eigenvalue weighted by Gasteiger charge is 2.31. The first-order valence-corrected chi connectivity index (χ1v) is 7.86. The molecule has 0 unspecified atom stereocenters. The molecule has 2 heterocycles. The number of anilines is 1. The van der Waals surface area contributed by atoms with E-state index in [1.165, 1.54) is 26.6 Å². The number of amides is 1. The Hall–Kier alpha value is -3.01. The lowest BCUT2D eigenvalue weighted by atomic mass is 9.95. The Morgan fingerprint density at radius 2 is 2.00 bits per heavy atom. The highest BCUT2D eigenvalue weighted by molar-refractivity contribution is 6.10. The molecule has 26 heavy (non-hydrogen) atoms. The van der Waals surface area contributed by atoms with Crippen LogP contribution in [0, 0.1) is 0 Å². The molecule has 1 aliphatic rings. The Balaban J connectivity index is 2.41. The van der Waals surface area contributed by atoms with Crippen LogP contribution in [-0.2, 0) is 9.63 Å². The topological polar surface area (TPSA) is 115 Å². The van der Waals surface area contributed by atoms with Gasteiger partial charge in [0.1, 0.15) is 0 Å². The van der Waals surface area contributed by atoms with Crippen molar-refractivity contribution in [1.82, 2.24) is 19.9 Å². The molecule has 1 aromatic heterocycles. The molecule has 0 radical (unpaired) electrons. The lowest BCUT2D eigenvalue weighted by Gasteiger charge is -2.31.